The third-order valence-corrected chi connectivity index (χ3v) is 2.93. The van der Waals surface area contributed by atoms with Gasteiger partial charge in [-0.1, -0.05) is 13.8 Å². The van der Waals surface area contributed by atoms with Gasteiger partial charge in [0, 0.05) is 12.0 Å². The first-order valence-electron chi connectivity index (χ1n) is 5.51. The van der Waals surface area contributed by atoms with Gasteiger partial charge >= 0.3 is 6.36 Å². The van der Waals surface area contributed by atoms with Gasteiger partial charge in [-0.3, -0.25) is 0 Å². The minimum atomic E-state index is -4.72. The Kier molecular flexibility index (Phi) is 5.09. The van der Waals surface area contributed by atoms with Gasteiger partial charge in [-0.25, -0.2) is 0 Å². The molecular formula is C12H15BrF3NO2. The zero-order valence-electron chi connectivity index (χ0n) is 10.6. The SMILES string of the molecule is CC(C)(CN)COc1ccc(OC(F)(F)F)c(Br)c1. The van der Waals surface area contributed by atoms with Crippen molar-refractivity contribution in [2.24, 2.45) is 11.1 Å². The van der Waals surface area contributed by atoms with Crippen molar-refractivity contribution in [1.82, 2.24) is 0 Å². The van der Waals surface area contributed by atoms with Crippen LogP contribution >= 0.6 is 15.9 Å². The van der Waals surface area contributed by atoms with E-state index in [-0.39, 0.29) is 15.6 Å². The van der Waals surface area contributed by atoms with Crippen molar-refractivity contribution in [3.05, 3.63) is 22.7 Å². The maximum Gasteiger partial charge on any atom is 0.573 e. The lowest BCUT2D eigenvalue weighted by Crippen LogP contribution is -2.30. The maximum absolute atomic E-state index is 12.1. The van der Waals surface area contributed by atoms with Gasteiger partial charge in [0.15, 0.2) is 0 Å². The molecule has 1 rings (SSSR count). The summed E-state index contributed by atoms with van der Waals surface area (Å²) in [6.07, 6.45) is -4.72. The van der Waals surface area contributed by atoms with E-state index in [1.807, 2.05) is 13.8 Å². The highest BCUT2D eigenvalue weighted by Gasteiger charge is 2.32. The molecule has 0 saturated heterocycles. The molecule has 0 radical (unpaired) electrons. The molecule has 7 heteroatoms. The van der Waals surface area contributed by atoms with Crippen LogP contribution in [0.2, 0.25) is 0 Å². The Balaban J connectivity index is 2.72. The molecule has 0 aliphatic carbocycles. The summed E-state index contributed by atoms with van der Waals surface area (Å²) >= 11 is 3.01. The summed E-state index contributed by atoms with van der Waals surface area (Å²) in [5.41, 5.74) is 5.36. The van der Waals surface area contributed by atoms with Crippen LogP contribution < -0.4 is 15.2 Å². The van der Waals surface area contributed by atoms with Gasteiger partial charge in [-0.05, 0) is 34.1 Å². The number of ether oxygens (including phenoxy) is 2. The van der Waals surface area contributed by atoms with E-state index < -0.39 is 6.36 Å². The molecular weight excluding hydrogens is 327 g/mol. The van der Waals surface area contributed by atoms with Crippen molar-refractivity contribution in [2.75, 3.05) is 13.2 Å². The third-order valence-electron chi connectivity index (χ3n) is 2.31. The van der Waals surface area contributed by atoms with E-state index in [9.17, 15) is 13.2 Å². The molecule has 0 spiro atoms. The summed E-state index contributed by atoms with van der Waals surface area (Å²) in [5, 5.41) is 0. The lowest BCUT2D eigenvalue weighted by molar-refractivity contribution is -0.274. The first-order valence-corrected chi connectivity index (χ1v) is 6.30. The van der Waals surface area contributed by atoms with Crippen LogP contribution in [0.15, 0.2) is 22.7 Å². The van der Waals surface area contributed by atoms with Crippen molar-refractivity contribution in [3.63, 3.8) is 0 Å². The van der Waals surface area contributed by atoms with Crippen LogP contribution in [-0.4, -0.2) is 19.5 Å². The number of alkyl halides is 3. The molecule has 0 heterocycles. The van der Waals surface area contributed by atoms with Crippen molar-refractivity contribution in [2.45, 2.75) is 20.2 Å². The van der Waals surface area contributed by atoms with Gasteiger partial charge in [-0.2, -0.15) is 0 Å². The van der Waals surface area contributed by atoms with Gasteiger partial charge in [0.05, 0.1) is 11.1 Å². The van der Waals surface area contributed by atoms with Gasteiger partial charge in [0.1, 0.15) is 11.5 Å². The Morgan fingerprint density at radius 2 is 1.89 bits per heavy atom. The average molecular weight is 342 g/mol. The fraction of sp³-hybridized carbons (Fsp3) is 0.500. The number of halogens is 4. The quantitative estimate of drug-likeness (QED) is 0.887. The summed E-state index contributed by atoms with van der Waals surface area (Å²) in [5.74, 6) is 0.140. The first-order chi connectivity index (χ1) is 8.63. The molecule has 0 amide bonds. The van der Waals surface area contributed by atoms with Crippen LogP contribution in [0.5, 0.6) is 11.5 Å². The standard InChI is InChI=1S/C12H15BrF3NO2/c1-11(2,6-17)7-18-8-3-4-10(9(13)5-8)19-12(14,15)16/h3-5H,6-7,17H2,1-2H3. The van der Waals surface area contributed by atoms with E-state index in [0.717, 1.165) is 0 Å². The molecule has 0 aliphatic heterocycles. The Morgan fingerprint density at radius 1 is 1.26 bits per heavy atom. The number of rotatable bonds is 5. The minimum Gasteiger partial charge on any atom is -0.493 e. The van der Waals surface area contributed by atoms with Crippen LogP contribution in [-0.2, 0) is 0 Å². The number of benzene rings is 1. The van der Waals surface area contributed by atoms with E-state index in [4.69, 9.17) is 10.5 Å². The van der Waals surface area contributed by atoms with E-state index in [0.29, 0.717) is 18.9 Å². The molecule has 0 aromatic heterocycles. The van der Waals surface area contributed by atoms with Gasteiger partial charge in [-0.15, -0.1) is 13.2 Å². The molecule has 0 saturated carbocycles. The Morgan fingerprint density at radius 3 is 2.37 bits per heavy atom. The predicted octanol–water partition coefficient (Wildman–Crippen LogP) is 3.71. The van der Waals surface area contributed by atoms with Gasteiger partial charge in [0.25, 0.3) is 0 Å². The molecule has 1 aromatic carbocycles. The van der Waals surface area contributed by atoms with Crippen molar-refractivity contribution in [1.29, 1.82) is 0 Å². The average Bonchev–Trinajstić information content (AvgIpc) is 2.28. The van der Waals surface area contributed by atoms with E-state index in [1.165, 1.54) is 18.2 Å². The van der Waals surface area contributed by atoms with Crippen molar-refractivity contribution < 1.29 is 22.6 Å². The molecule has 19 heavy (non-hydrogen) atoms. The maximum atomic E-state index is 12.1. The second-order valence-electron chi connectivity index (χ2n) is 4.80. The summed E-state index contributed by atoms with van der Waals surface area (Å²) in [7, 11) is 0. The third kappa shape index (κ3) is 5.69. The fourth-order valence-electron chi connectivity index (χ4n) is 1.12. The fourth-order valence-corrected chi connectivity index (χ4v) is 1.56. The highest BCUT2D eigenvalue weighted by Crippen LogP contribution is 2.33. The number of hydrogen-bond donors (Lipinski definition) is 1. The lowest BCUT2D eigenvalue weighted by atomic mass is 9.95. The summed E-state index contributed by atoms with van der Waals surface area (Å²) < 4.78 is 45.7. The molecule has 0 unspecified atom stereocenters. The topological polar surface area (TPSA) is 44.5 Å². The molecule has 2 N–H and O–H groups in total. The normalized spacial score (nSPS) is 12.4. The minimum absolute atomic E-state index is 0.174. The zero-order valence-corrected chi connectivity index (χ0v) is 12.1. The second-order valence-corrected chi connectivity index (χ2v) is 5.65. The number of hydrogen-bond acceptors (Lipinski definition) is 3. The zero-order chi connectivity index (χ0) is 14.7. The van der Waals surface area contributed by atoms with E-state index in [2.05, 4.69) is 20.7 Å². The van der Waals surface area contributed by atoms with Gasteiger partial charge < -0.3 is 15.2 Å². The second kappa shape index (κ2) is 6.00. The summed E-state index contributed by atoms with van der Waals surface area (Å²) in [6, 6.07) is 4.04. The van der Waals surface area contributed by atoms with E-state index >= 15 is 0 Å². The van der Waals surface area contributed by atoms with Crippen LogP contribution in [0.1, 0.15) is 13.8 Å². The number of nitrogens with two attached hydrogens (primary N) is 1. The Hall–Kier alpha value is -0.950. The molecule has 0 atom stereocenters. The molecule has 0 aliphatic rings. The lowest BCUT2D eigenvalue weighted by Gasteiger charge is -2.22. The first kappa shape index (κ1) is 16.1. The van der Waals surface area contributed by atoms with Crippen LogP contribution in [0.25, 0.3) is 0 Å². The van der Waals surface area contributed by atoms with Gasteiger partial charge in [0.2, 0.25) is 0 Å². The molecule has 108 valence electrons. The largest absolute Gasteiger partial charge is 0.573 e. The Labute approximate surface area is 118 Å². The van der Waals surface area contributed by atoms with E-state index in [1.54, 1.807) is 0 Å². The van der Waals surface area contributed by atoms with Crippen LogP contribution in [0, 0.1) is 5.41 Å². The summed E-state index contributed by atoms with van der Waals surface area (Å²) in [4.78, 5) is 0. The van der Waals surface area contributed by atoms with Crippen molar-refractivity contribution in [3.8, 4) is 11.5 Å². The molecule has 0 bridgehead atoms. The summed E-state index contributed by atoms with van der Waals surface area (Å²) in [6.45, 7) is 4.69. The smallest absolute Gasteiger partial charge is 0.493 e. The highest BCUT2D eigenvalue weighted by molar-refractivity contribution is 9.10. The van der Waals surface area contributed by atoms with Crippen LogP contribution in [0.3, 0.4) is 0 Å². The monoisotopic (exact) mass is 341 g/mol. The van der Waals surface area contributed by atoms with Crippen molar-refractivity contribution >= 4 is 15.9 Å². The van der Waals surface area contributed by atoms with Crippen LogP contribution in [0.4, 0.5) is 13.2 Å². The highest BCUT2D eigenvalue weighted by atomic mass is 79.9. The predicted molar refractivity (Wildman–Crippen MR) is 69.2 cm³/mol. The molecule has 1 aromatic rings. The molecule has 0 fully saturated rings. The molecule has 3 nitrogen and oxygen atoms in total. The Bertz CT molecular complexity index is 435.